The monoisotopic (exact) mass is 821 g/mol. The Labute approximate surface area is 355 Å². The van der Waals surface area contributed by atoms with Crippen molar-refractivity contribution in [3.05, 3.63) is 120 Å². The third-order valence-corrected chi connectivity index (χ3v) is 12.4. The Hall–Kier alpha value is -4.68. The summed E-state index contributed by atoms with van der Waals surface area (Å²) in [5.74, 6) is -0.194. The Morgan fingerprint density at radius 1 is 0.967 bits per heavy atom. The summed E-state index contributed by atoms with van der Waals surface area (Å²) in [6.45, 7) is 11.0. The van der Waals surface area contributed by atoms with Gasteiger partial charge in [0, 0.05) is 57.3 Å². The molecule has 2 heterocycles. The molecule has 3 aromatic carbocycles. The van der Waals surface area contributed by atoms with Gasteiger partial charge in [0.1, 0.15) is 37.4 Å². The van der Waals surface area contributed by atoms with Gasteiger partial charge in [-0.15, -0.1) is 6.58 Å². The average molecular weight is 822 g/mol. The van der Waals surface area contributed by atoms with Gasteiger partial charge in [0.25, 0.3) is 0 Å². The number of allylic oxidation sites excluding steroid dienone is 1. The third-order valence-electron chi connectivity index (χ3n) is 12.4. The predicted molar refractivity (Wildman–Crippen MR) is 232 cm³/mol. The maximum Gasteiger partial charge on any atom is 0.410 e. The first-order valence-electron chi connectivity index (χ1n) is 22.1. The molecule has 1 saturated heterocycles. The van der Waals surface area contributed by atoms with E-state index in [-0.39, 0.29) is 50.8 Å². The highest BCUT2D eigenvalue weighted by Gasteiger charge is 2.65. The van der Waals surface area contributed by atoms with E-state index in [2.05, 4.69) is 30.5 Å². The Morgan fingerprint density at radius 2 is 1.68 bits per heavy atom. The molecule has 0 spiro atoms. The van der Waals surface area contributed by atoms with Gasteiger partial charge in [0.05, 0.1) is 18.2 Å². The van der Waals surface area contributed by atoms with Crippen LogP contribution in [0.15, 0.2) is 108 Å². The van der Waals surface area contributed by atoms with Crippen molar-refractivity contribution < 1.29 is 38.8 Å². The minimum atomic E-state index is -1.36. The zero-order valence-electron chi connectivity index (χ0n) is 35.2. The highest BCUT2D eigenvalue weighted by Crippen LogP contribution is 2.62. The second-order valence-electron chi connectivity index (χ2n) is 16.5. The summed E-state index contributed by atoms with van der Waals surface area (Å²) in [6.07, 6.45) is 9.44. The van der Waals surface area contributed by atoms with Crippen LogP contribution in [0.4, 0.5) is 4.79 Å². The molecule has 2 aliphatic carbocycles. The fourth-order valence-electron chi connectivity index (χ4n) is 9.50. The molecule has 11 heteroatoms. The molecule has 1 saturated carbocycles. The Balaban J connectivity index is 1.38. The predicted octanol–water partition coefficient (Wildman–Crippen LogP) is 8.26. The van der Waals surface area contributed by atoms with Crippen molar-refractivity contribution in [2.75, 3.05) is 52.6 Å². The van der Waals surface area contributed by atoms with Gasteiger partial charge in [-0.1, -0.05) is 97.7 Å². The summed E-state index contributed by atoms with van der Waals surface area (Å²) in [5, 5.41) is 24.8. The topological polar surface area (TPSA) is 122 Å². The van der Waals surface area contributed by atoms with Crippen molar-refractivity contribution in [2.24, 2.45) is 22.9 Å². The van der Waals surface area contributed by atoms with E-state index < -0.39 is 23.8 Å². The van der Waals surface area contributed by atoms with Gasteiger partial charge in [0.15, 0.2) is 0 Å². The SMILES string of the molecule is C=CCO[C@@]12Oc3ccc(OCCN4CC4)cc3[C@H]3[C@H](CCCCO)[C@@H](CCCCO)C=C(C(=NOCc4ccccc4)C[C@@H]1N(CCC)C(=O)OCc1ccccc1)[C@H]32. The molecule has 4 aliphatic rings. The van der Waals surface area contributed by atoms with Gasteiger partial charge in [-0.05, 0) is 78.8 Å². The lowest BCUT2D eigenvalue weighted by atomic mass is 9.55. The first-order chi connectivity index (χ1) is 29.5. The van der Waals surface area contributed by atoms with Crippen LogP contribution in [0.2, 0.25) is 0 Å². The molecular formula is C49H63N3O8. The number of oxime groups is 1. The van der Waals surface area contributed by atoms with E-state index in [1.54, 1.807) is 11.0 Å². The fraction of sp³-hybridized carbons (Fsp3) is 0.510. The van der Waals surface area contributed by atoms with E-state index in [0.29, 0.717) is 44.6 Å². The van der Waals surface area contributed by atoms with Gasteiger partial charge >= 0.3 is 6.09 Å². The number of hydrogen-bond acceptors (Lipinski definition) is 10. The van der Waals surface area contributed by atoms with Crippen LogP contribution in [0.25, 0.3) is 0 Å². The maximum atomic E-state index is 14.6. The van der Waals surface area contributed by atoms with Crippen molar-refractivity contribution in [3.8, 4) is 11.5 Å². The van der Waals surface area contributed by atoms with Crippen molar-refractivity contribution in [1.29, 1.82) is 0 Å². The second kappa shape index (κ2) is 21.2. The van der Waals surface area contributed by atoms with Crippen molar-refractivity contribution in [1.82, 2.24) is 9.80 Å². The third kappa shape index (κ3) is 10.3. The number of benzene rings is 3. The number of unbranched alkanes of at least 4 members (excludes halogenated alkanes) is 2. The number of aliphatic hydroxyl groups is 2. The van der Waals surface area contributed by atoms with Crippen LogP contribution in [-0.4, -0.2) is 96.3 Å². The lowest BCUT2D eigenvalue weighted by Crippen LogP contribution is -2.70. The lowest BCUT2D eigenvalue weighted by Gasteiger charge is -2.59. The highest BCUT2D eigenvalue weighted by molar-refractivity contribution is 6.03. The summed E-state index contributed by atoms with van der Waals surface area (Å²) in [4.78, 5) is 24.9. The van der Waals surface area contributed by atoms with Crippen LogP contribution in [0, 0.1) is 17.8 Å². The van der Waals surface area contributed by atoms with E-state index in [9.17, 15) is 15.0 Å². The standard InChI is InChI=1S/C49H63N3O8/c1-3-23-52(48(55)57-34-36-15-7-5-8-16-36)45-33-43(50-59-35-37-17-9-6-10-18-37)41-31-38(19-11-13-27-53)40(20-12-14-28-54)46-42-32-39(56-30-26-51-24-25-51)21-22-44(42)60-49(45,47(41)46)58-29-4-2/h4-10,15-18,21-22,31-32,38,40,45-47,53-54H,2-3,11-14,19-20,23-30,33-35H2,1H3/t38-,40+,45-,46+,47+,49+/m0/s1. The summed E-state index contributed by atoms with van der Waals surface area (Å²) in [5.41, 5.74) is 4.67. The Morgan fingerprint density at radius 3 is 2.37 bits per heavy atom. The molecule has 7 rings (SSSR count). The zero-order valence-corrected chi connectivity index (χ0v) is 35.2. The molecule has 11 nitrogen and oxygen atoms in total. The van der Waals surface area contributed by atoms with E-state index in [4.69, 9.17) is 28.9 Å². The first-order valence-corrected chi connectivity index (χ1v) is 22.1. The molecule has 2 fully saturated rings. The molecule has 3 aromatic rings. The van der Waals surface area contributed by atoms with Crippen LogP contribution in [-0.2, 0) is 27.5 Å². The molecule has 0 bridgehead atoms. The van der Waals surface area contributed by atoms with E-state index in [1.807, 2.05) is 72.8 Å². The number of fused-ring (bicyclic) bond motifs is 2. The van der Waals surface area contributed by atoms with Gasteiger partial charge in [0.2, 0.25) is 5.79 Å². The average Bonchev–Trinajstić information content (AvgIpc) is 4.11. The molecular weight excluding hydrogens is 759 g/mol. The molecule has 0 aromatic heterocycles. The minimum Gasteiger partial charge on any atom is -0.492 e. The van der Waals surface area contributed by atoms with Crippen LogP contribution in [0.1, 0.15) is 80.9 Å². The number of amides is 1. The molecule has 1 amide bonds. The number of carbonyl (C=O) groups is 1. The quantitative estimate of drug-likeness (QED) is 0.0422. The number of carbonyl (C=O) groups excluding carboxylic acids is 1. The van der Waals surface area contributed by atoms with Gasteiger partial charge < -0.3 is 34.0 Å². The van der Waals surface area contributed by atoms with Gasteiger partial charge in [-0.25, -0.2) is 4.79 Å². The van der Waals surface area contributed by atoms with E-state index in [0.717, 1.165) is 79.0 Å². The number of aliphatic hydroxyl groups excluding tert-OH is 2. The smallest absolute Gasteiger partial charge is 0.410 e. The molecule has 322 valence electrons. The Bertz CT molecular complexity index is 1900. The lowest BCUT2D eigenvalue weighted by molar-refractivity contribution is -0.255. The van der Waals surface area contributed by atoms with Gasteiger partial charge in [-0.3, -0.25) is 9.80 Å². The van der Waals surface area contributed by atoms with Crippen molar-refractivity contribution >= 4 is 11.8 Å². The van der Waals surface area contributed by atoms with Crippen LogP contribution >= 0.6 is 0 Å². The van der Waals surface area contributed by atoms with Gasteiger partial charge in [-0.2, -0.15) is 0 Å². The minimum absolute atomic E-state index is 0.112. The second-order valence-corrected chi connectivity index (χ2v) is 16.5. The number of hydrogen-bond donors (Lipinski definition) is 2. The summed E-state index contributed by atoms with van der Waals surface area (Å²) in [7, 11) is 0. The highest BCUT2D eigenvalue weighted by atomic mass is 16.7. The zero-order chi connectivity index (χ0) is 41.7. The number of rotatable bonds is 23. The van der Waals surface area contributed by atoms with Crippen LogP contribution in [0.3, 0.4) is 0 Å². The van der Waals surface area contributed by atoms with Crippen LogP contribution < -0.4 is 9.47 Å². The first kappa shape index (κ1) is 43.4. The molecule has 6 atom stereocenters. The summed E-state index contributed by atoms with van der Waals surface area (Å²) in [6, 6.07) is 25.1. The summed E-state index contributed by atoms with van der Waals surface area (Å²) < 4.78 is 27.0. The Kier molecular flexibility index (Phi) is 15.3. The molecule has 2 aliphatic heterocycles. The van der Waals surface area contributed by atoms with Crippen molar-refractivity contribution in [2.45, 2.75) is 89.3 Å². The van der Waals surface area contributed by atoms with E-state index in [1.165, 1.54) is 0 Å². The van der Waals surface area contributed by atoms with E-state index >= 15 is 0 Å². The maximum absolute atomic E-state index is 14.6. The fourth-order valence-corrected chi connectivity index (χ4v) is 9.50. The normalized spacial score (nSPS) is 24.7. The number of nitrogens with zero attached hydrogens (tertiary/aromatic N) is 3. The molecule has 0 radical (unpaired) electrons. The molecule has 0 unspecified atom stereocenters. The molecule has 60 heavy (non-hydrogen) atoms. The number of ether oxygens (including phenoxy) is 4. The van der Waals surface area contributed by atoms with Crippen molar-refractivity contribution in [3.63, 3.8) is 0 Å². The molecule has 2 N–H and O–H groups in total. The largest absolute Gasteiger partial charge is 0.492 e. The summed E-state index contributed by atoms with van der Waals surface area (Å²) >= 11 is 0. The van der Waals surface area contributed by atoms with Crippen LogP contribution in [0.5, 0.6) is 11.5 Å².